The molecule has 32 heavy (non-hydrogen) atoms. The van der Waals surface area contributed by atoms with Crippen molar-refractivity contribution >= 4 is 24.0 Å². The van der Waals surface area contributed by atoms with Crippen molar-refractivity contribution in [1.82, 2.24) is 14.7 Å². The fraction of sp³-hybridized carbons (Fsp3) is 0.522. The molecule has 2 saturated heterocycles. The number of hydrogen-bond donors (Lipinski definition) is 0. The fourth-order valence-electron chi connectivity index (χ4n) is 3.51. The van der Waals surface area contributed by atoms with Crippen LogP contribution < -0.4 is 34.7 Å². The molecule has 3 amide bonds. The van der Waals surface area contributed by atoms with Crippen LogP contribution in [-0.4, -0.2) is 84.1 Å². The molecule has 2 atom stereocenters. The van der Waals surface area contributed by atoms with Crippen LogP contribution in [0.2, 0.25) is 0 Å². The number of benzene rings is 1. The molecule has 2 aliphatic heterocycles. The van der Waals surface area contributed by atoms with E-state index >= 15 is 0 Å². The minimum Gasteiger partial charge on any atom is -0.547 e. The monoisotopic (exact) mass is 451 g/mol. The van der Waals surface area contributed by atoms with Gasteiger partial charge in [-0.3, -0.25) is 14.6 Å². The third kappa shape index (κ3) is 7.42. The molecule has 0 aliphatic carbocycles. The van der Waals surface area contributed by atoms with Crippen molar-refractivity contribution in [1.29, 1.82) is 0 Å². The van der Waals surface area contributed by atoms with E-state index in [0.29, 0.717) is 38.5 Å². The zero-order chi connectivity index (χ0) is 22.4. The summed E-state index contributed by atoms with van der Waals surface area (Å²) in [6, 6.07) is 9.69. The first kappa shape index (κ1) is 26.5. The van der Waals surface area contributed by atoms with E-state index in [0.717, 1.165) is 17.0 Å². The second-order valence-electron chi connectivity index (χ2n) is 8.35. The van der Waals surface area contributed by atoms with Gasteiger partial charge >= 0.3 is 35.6 Å². The molecule has 0 saturated carbocycles. The van der Waals surface area contributed by atoms with Crippen LogP contribution >= 0.6 is 0 Å². The molecule has 2 heterocycles. The second kappa shape index (κ2) is 12.5. The minimum absolute atomic E-state index is 0. The number of epoxide rings is 1. The Morgan fingerprint density at radius 1 is 1.12 bits per heavy atom. The number of carboxylic acid groups (broad SMARTS) is 1. The SMILES string of the molecule is CC(C)CCN(C(=O)C1OC1C(=O)[O-])C(=O)N1CCN(C/C=C/c2ccccc2)CC1.[Na+]. The first-order valence-corrected chi connectivity index (χ1v) is 10.8. The van der Waals surface area contributed by atoms with E-state index in [-0.39, 0.29) is 42.1 Å². The van der Waals surface area contributed by atoms with E-state index in [4.69, 9.17) is 4.74 Å². The maximum Gasteiger partial charge on any atom is 1.00 e. The maximum absolute atomic E-state index is 13.0. The Bertz CT molecular complexity index is 809. The molecule has 168 valence electrons. The van der Waals surface area contributed by atoms with Gasteiger partial charge in [-0.1, -0.05) is 56.3 Å². The zero-order valence-corrected chi connectivity index (χ0v) is 21.1. The second-order valence-corrected chi connectivity index (χ2v) is 8.35. The molecule has 1 aromatic rings. The number of piperazine rings is 1. The van der Waals surface area contributed by atoms with Crippen molar-refractivity contribution in [2.45, 2.75) is 32.5 Å². The summed E-state index contributed by atoms with van der Waals surface area (Å²) in [6.45, 7) is 7.49. The van der Waals surface area contributed by atoms with E-state index < -0.39 is 24.1 Å². The number of nitrogens with zero attached hydrogens (tertiary/aromatic N) is 3. The van der Waals surface area contributed by atoms with Crippen LogP contribution in [0, 0.1) is 5.92 Å². The minimum atomic E-state index is -1.42. The van der Waals surface area contributed by atoms with Crippen molar-refractivity contribution in [3.63, 3.8) is 0 Å². The molecular weight excluding hydrogens is 421 g/mol. The van der Waals surface area contributed by atoms with Crippen molar-refractivity contribution in [3.8, 4) is 0 Å². The number of rotatable bonds is 8. The summed E-state index contributed by atoms with van der Waals surface area (Å²) in [5.74, 6) is -1.71. The van der Waals surface area contributed by atoms with Crippen molar-refractivity contribution in [2.24, 2.45) is 5.92 Å². The van der Waals surface area contributed by atoms with Crippen LogP contribution in [0.15, 0.2) is 36.4 Å². The van der Waals surface area contributed by atoms with E-state index in [2.05, 4.69) is 17.1 Å². The molecule has 3 rings (SSSR count). The number of carboxylic acids is 1. The molecule has 0 bridgehead atoms. The van der Waals surface area contributed by atoms with E-state index in [1.165, 1.54) is 0 Å². The number of amides is 3. The predicted molar refractivity (Wildman–Crippen MR) is 114 cm³/mol. The summed E-state index contributed by atoms with van der Waals surface area (Å²) in [6.07, 6.45) is 2.45. The van der Waals surface area contributed by atoms with Crippen molar-refractivity contribution < 1.29 is 53.8 Å². The third-order valence-electron chi connectivity index (χ3n) is 5.51. The van der Waals surface area contributed by atoms with E-state index in [1.54, 1.807) is 4.90 Å². The maximum atomic E-state index is 13.0. The van der Waals surface area contributed by atoms with Gasteiger partial charge in [0.25, 0.3) is 5.91 Å². The zero-order valence-electron chi connectivity index (χ0n) is 19.1. The molecule has 0 spiro atoms. The largest absolute Gasteiger partial charge is 1.00 e. The number of urea groups is 1. The Labute approximate surface area is 211 Å². The average molecular weight is 451 g/mol. The number of ether oxygens (including phenoxy) is 1. The van der Waals surface area contributed by atoms with Gasteiger partial charge in [0.1, 0.15) is 6.10 Å². The molecular formula is C23H30N3NaO5. The van der Waals surface area contributed by atoms with Crippen LogP contribution in [0.25, 0.3) is 6.08 Å². The smallest absolute Gasteiger partial charge is 0.547 e. The van der Waals surface area contributed by atoms with E-state index in [1.807, 2.05) is 44.2 Å². The summed E-state index contributed by atoms with van der Waals surface area (Å²) in [5.41, 5.74) is 1.15. The Kier molecular flexibility index (Phi) is 10.4. The Hall–Kier alpha value is -1.71. The Morgan fingerprint density at radius 3 is 2.34 bits per heavy atom. The first-order valence-electron chi connectivity index (χ1n) is 10.8. The standard InChI is InChI=1S/C23H31N3O5.Na/c1-17(2)10-12-26(21(27)19-20(31-19)22(28)29)23(30)25-15-13-24(14-16-25)11-6-9-18-7-4-3-5-8-18;/h3-9,17,19-20H,10-16H2,1-2H3,(H,28,29);/q;+1/p-1/b9-6+;. The number of hydrogen-bond acceptors (Lipinski definition) is 6. The quantitative estimate of drug-likeness (QED) is 0.330. The number of carbonyl (C=O) groups excluding carboxylic acids is 3. The van der Waals surface area contributed by atoms with Gasteiger partial charge in [-0.05, 0) is 17.9 Å². The van der Waals surface area contributed by atoms with Crippen LogP contribution in [0.3, 0.4) is 0 Å². The fourth-order valence-corrected chi connectivity index (χ4v) is 3.51. The van der Waals surface area contributed by atoms with Crippen LogP contribution in [0.4, 0.5) is 4.79 Å². The summed E-state index contributed by atoms with van der Waals surface area (Å²) in [4.78, 5) is 41.7. The molecule has 2 fully saturated rings. The van der Waals surface area contributed by atoms with Gasteiger partial charge < -0.3 is 19.5 Å². The normalized spacial score (nSPS) is 20.8. The molecule has 1 aromatic carbocycles. The average Bonchev–Trinajstić information content (AvgIpc) is 3.56. The summed E-state index contributed by atoms with van der Waals surface area (Å²) >= 11 is 0. The number of carbonyl (C=O) groups is 3. The third-order valence-corrected chi connectivity index (χ3v) is 5.51. The van der Waals surface area contributed by atoms with Gasteiger partial charge in [-0.25, -0.2) is 4.79 Å². The summed E-state index contributed by atoms with van der Waals surface area (Å²) in [5, 5.41) is 10.9. The van der Waals surface area contributed by atoms with Gasteiger partial charge in [0.15, 0.2) is 6.10 Å². The van der Waals surface area contributed by atoms with Gasteiger partial charge in [0.05, 0.1) is 5.97 Å². The molecule has 0 aromatic heterocycles. The number of aliphatic carboxylic acids is 1. The van der Waals surface area contributed by atoms with Crippen LogP contribution in [0.5, 0.6) is 0 Å². The molecule has 2 aliphatic rings. The van der Waals surface area contributed by atoms with Crippen LogP contribution in [0.1, 0.15) is 25.8 Å². The molecule has 9 heteroatoms. The molecule has 0 radical (unpaired) electrons. The predicted octanol–water partition coefficient (Wildman–Crippen LogP) is -2.17. The van der Waals surface area contributed by atoms with E-state index in [9.17, 15) is 19.5 Å². The Morgan fingerprint density at radius 2 is 1.78 bits per heavy atom. The van der Waals surface area contributed by atoms with Gasteiger partial charge in [0, 0.05) is 39.3 Å². The number of imide groups is 1. The van der Waals surface area contributed by atoms with Crippen molar-refractivity contribution in [3.05, 3.63) is 42.0 Å². The molecule has 8 nitrogen and oxygen atoms in total. The van der Waals surface area contributed by atoms with Gasteiger partial charge in [0.2, 0.25) is 0 Å². The molecule has 0 N–H and O–H groups in total. The molecule has 2 unspecified atom stereocenters. The summed E-state index contributed by atoms with van der Waals surface area (Å²) < 4.78 is 4.92. The van der Waals surface area contributed by atoms with Crippen LogP contribution in [-0.2, 0) is 14.3 Å². The topological polar surface area (TPSA) is 96.5 Å². The van der Waals surface area contributed by atoms with Crippen molar-refractivity contribution in [2.75, 3.05) is 39.3 Å². The van der Waals surface area contributed by atoms with Gasteiger partial charge in [-0.15, -0.1) is 0 Å². The summed E-state index contributed by atoms with van der Waals surface area (Å²) in [7, 11) is 0. The Balaban J connectivity index is 0.00000363. The first-order chi connectivity index (χ1) is 14.9. The van der Waals surface area contributed by atoms with Gasteiger partial charge in [-0.2, -0.15) is 0 Å².